The van der Waals surface area contributed by atoms with Gasteiger partial charge >= 0.3 is 0 Å². The van der Waals surface area contributed by atoms with Crippen molar-refractivity contribution < 1.29 is 4.79 Å². The summed E-state index contributed by atoms with van der Waals surface area (Å²) in [5.74, 6) is 0.209. The summed E-state index contributed by atoms with van der Waals surface area (Å²) in [5.41, 5.74) is 7.68. The molecule has 0 spiro atoms. The van der Waals surface area contributed by atoms with Gasteiger partial charge in [-0.2, -0.15) is 5.10 Å². The predicted molar refractivity (Wildman–Crippen MR) is 96.2 cm³/mol. The fraction of sp³-hybridized carbons (Fsp3) is 0.500. The molecule has 0 radical (unpaired) electrons. The van der Waals surface area contributed by atoms with Crippen molar-refractivity contribution in [1.29, 1.82) is 0 Å². The van der Waals surface area contributed by atoms with Crippen LogP contribution in [0.4, 0.5) is 5.69 Å². The summed E-state index contributed by atoms with van der Waals surface area (Å²) in [6, 6.07) is 6.45. The van der Waals surface area contributed by atoms with Crippen LogP contribution in [0.2, 0.25) is 0 Å². The highest BCUT2D eigenvalue weighted by Crippen LogP contribution is 2.43. The van der Waals surface area contributed by atoms with Gasteiger partial charge in [-0.15, -0.1) is 0 Å². The topological polar surface area (TPSA) is 49.0 Å². The molecule has 1 unspecified atom stereocenters. The van der Waals surface area contributed by atoms with E-state index in [1.807, 2.05) is 11.8 Å². The van der Waals surface area contributed by atoms with E-state index in [1.54, 1.807) is 0 Å². The van der Waals surface area contributed by atoms with Crippen molar-refractivity contribution in [2.24, 2.45) is 5.41 Å². The summed E-state index contributed by atoms with van der Waals surface area (Å²) in [4.78, 5) is 14.0. The molecule has 1 aromatic carbocycles. The SMILES string of the molecule is CCC(=O)N1CCc2cc(-c3n[nH]c4c3CC(C)(CC)C4)ccc21. The number of H-pyrrole nitrogens is 1. The lowest BCUT2D eigenvalue weighted by Gasteiger charge is -2.21. The summed E-state index contributed by atoms with van der Waals surface area (Å²) >= 11 is 0. The zero-order valence-corrected chi connectivity index (χ0v) is 14.8. The van der Waals surface area contributed by atoms with Gasteiger partial charge in [0.1, 0.15) is 0 Å². The van der Waals surface area contributed by atoms with E-state index in [0.29, 0.717) is 11.8 Å². The molecule has 4 heteroatoms. The van der Waals surface area contributed by atoms with Crippen molar-refractivity contribution in [2.45, 2.75) is 52.9 Å². The molecule has 1 atom stereocenters. The van der Waals surface area contributed by atoms with Gasteiger partial charge in [-0.3, -0.25) is 9.89 Å². The third-order valence-electron chi connectivity index (χ3n) is 5.87. The highest BCUT2D eigenvalue weighted by molar-refractivity contribution is 5.95. The van der Waals surface area contributed by atoms with E-state index >= 15 is 0 Å². The number of carbonyl (C=O) groups excluding carboxylic acids is 1. The maximum atomic E-state index is 12.1. The standard InChI is InChI=1S/C20H25N3O/c1-4-18(24)23-9-8-13-10-14(6-7-17(13)23)19-15-11-20(3,5-2)12-16(15)21-22-19/h6-7,10H,4-5,8-9,11-12H2,1-3H3,(H,21,22). The van der Waals surface area contributed by atoms with Gasteiger partial charge in [-0.25, -0.2) is 0 Å². The molecule has 24 heavy (non-hydrogen) atoms. The van der Waals surface area contributed by atoms with Crippen molar-refractivity contribution in [3.05, 3.63) is 35.0 Å². The van der Waals surface area contributed by atoms with Crippen LogP contribution in [0.1, 0.15) is 50.4 Å². The van der Waals surface area contributed by atoms with E-state index in [1.165, 1.54) is 28.8 Å². The van der Waals surface area contributed by atoms with Gasteiger partial charge in [0.05, 0.1) is 5.69 Å². The molecule has 1 amide bonds. The maximum Gasteiger partial charge on any atom is 0.226 e. The Kier molecular flexibility index (Phi) is 3.52. The minimum Gasteiger partial charge on any atom is -0.312 e. The molecular weight excluding hydrogens is 298 g/mol. The molecule has 2 heterocycles. The highest BCUT2D eigenvalue weighted by Gasteiger charge is 2.35. The van der Waals surface area contributed by atoms with E-state index in [4.69, 9.17) is 0 Å². The first kappa shape index (κ1) is 15.4. The van der Waals surface area contributed by atoms with Gasteiger partial charge in [0.15, 0.2) is 0 Å². The monoisotopic (exact) mass is 323 g/mol. The third kappa shape index (κ3) is 2.27. The lowest BCUT2D eigenvalue weighted by Crippen LogP contribution is -2.27. The Morgan fingerprint density at radius 1 is 1.33 bits per heavy atom. The first-order valence-electron chi connectivity index (χ1n) is 9.04. The summed E-state index contributed by atoms with van der Waals surface area (Å²) in [6.45, 7) is 7.36. The molecule has 0 fully saturated rings. The fourth-order valence-corrected chi connectivity index (χ4v) is 4.14. The number of aromatic amines is 1. The average Bonchev–Trinajstić information content (AvgIpc) is 3.25. The van der Waals surface area contributed by atoms with Gasteiger partial charge in [0.2, 0.25) is 5.91 Å². The smallest absolute Gasteiger partial charge is 0.226 e. The molecule has 2 aromatic rings. The Morgan fingerprint density at radius 2 is 2.17 bits per heavy atom. The number of hydrogen-bond acceptors (Lipinski definition) is 2. The molecule has 1 N–H and O–H groups in total. The molecule has 2 aliphatic rings. The summed E-state index contributed by atoms with van der Waals surface area (Å²) in [6.07, 6.45) is 4.88. The van der Waals surface area contributed by atoms with E-state index in [0.717, 1.165) is 37.2 Å². The van der Waals surface area contributed by atoms with Crippen LogP contribution in [0.15, 0.2) is 18.2 Å². The minimum atomic E-state index is 0.209. The Hall–Kier alpha value is -2.10. The van der Waals surface area contributed by atoms with Crippen molar-refractivity contribution in [3.8, 4) is 11.3 Å². The molecule has 0 bridgehead atoms. The lowest BCUT2D eigenvalue weighted by molar-refractivity contribution is -0.118. The number of benzene rings is 1. The molecule has 1 aliphatic carbocycles. The molecule has 1 aromatic heterocycles. The Balaban J connectivity index is 1.68. The number of rotatable bonds is 3. The second-order valence-electron chi connectivity index (χ2n) is 7.54. The lowest BCUT2D eigenvalue weighted by atomic mass is 9.84. The number of carbonyl (C=O) groups is 1. The maximum absolute atomic E-state index is 12.1. The van der Waals surface area contributed by atoms with Crippen molar-refractivity contribution >= 4 is 11.6 Å². The number of nitrogens with zero attached hydrogens (tertiary/aromatic N) is 2. The zero-order chi connectivity index (χ0) is 16.9. The first-order valence-corrected chi connectivity index (χ1v) is 9.04. The van der Waals surface area contributed by atoms with Crippen molar-refractivity contribution in [3.63, 3.8) is 0 Å². The highest BCUT2D eigenvalue weighted by atomic mass is 16.2. The summed E-state index contributed by atoms with van der Waals surface area (Å²) in [5, 5.41) is 7.86. The van der Waals surface area contributed by atoms with E-state index < -0.39 is 0 Å². The number of amides is 1. The molecule has 1 aliphatic heterocycles. The molecule has 126 valence electrons. The Bertz CT molecular complexity index is 807. The Morgan fingerprint density at radius 3 is 2.92 bits per heavy atom. The average molecular weight is 323 g/mol. The van der Waals surface area contributed by atoms with Crippen LogP contribution in [-0.4, -0.2) is 22.6 Å². The van der Waals surface area contributed by atoms with Crippen LogP contribution in [0, 0.1) is 5.41 Å². The van der Waals surface area contributed by atoms with Crippen molar-refractivity contribution in [1.82, 2.24) is 10.2 Å². The quantitative estimate of drug-likeness (QED) is 0.931. The minimum absolute atomic E-state index is 0.209. The largest absolute Gasteiger partial charge is 0.312 e. The predicted octanol–water partition coefficient (Wildman–Crippen LogP) is 3.89. The van der Waals surface area contributed by atoms with E-state index in [2.05, 4.69) is 42.2 Å². The number of nitrogens with one attached hydrogen (secondary N) is 1. The van der Waals surface area contributed by atoms with Gasteiger partial charge in [-0.1, -0.05) is 33.3 Å². The van der Waals surface area contributed by atoms with Gasteiger partial charge in [0, 0.05) is 35.5 Å². The molecule has 4 rings (SSSR count). The van der Waals surface area contributed by atoms with E-state index in [-0.39, 0.29) is 5.91 Å². The van der Waals surface area contributed by atoms with Crippen LogP contribution in [0.3, 0.4) is 0 Å². The summed E-state index contributed by atoms with van der Waals surface area (Å²) in [7, 11) is 0. The van der Waals surface area contributed by atoms with Gasteiger partial charge < -0.3 is 4.90 Å². The number of aromatic nitrogens is 2. The second kappa shape index (κ2) is 5.47. The van der Waals surface area contributed by atoms with Crippen LogP contribution in [0.25, 0.3) is 11.3 Å². The first-order chi connectivity index (χ1) is 11.5. The van der Waals surface area contributed by atoms with Gasteiger partial charge in [0.25, 0.3) is 0 Å². The normalized spacial score (nSPS) is 21.9. The molecule has 0 saturated carbocycles. The van der Waals surface area contributed by atoms with Crippen LogP contribution in [0.5, 0.6) is 0 Å². The van der Waals surface area contributed by atoms with Gasteiger partial charge in [-0.05, 0) is 42.4 Å². The third-order valence-corrected chi connectivity index (χ3v) is 5.87. The molecule has 4 nitrogen and oxygen atoms in total. The number of anilines is 1. The number of hydrogen-bond donors (Lipinski definition) is 1. The zero-order valence-electron chi connectivity index (χ0n) is 14.8. The van der Waals surface area contributed by atoms with Crippen LogP contribution < -0.4 is 4.90 Å². The fourth-order valence-electron chi connectivity index (χ4n) is 4.14. The second-order valence-corrected chi connectivity index (χ2v) is 7.54. The van der Waals surface area contributed by atoms with Crippen LogP contribution in [-0.2, 0) is 24.1 Å². The van der Waals surface area contributed by atoms with E-state index in [9.17, 15) is 4.79 Å². The molecule has 0 saturated heterocycles. The van der Waals surface area contributed by atoms with Crippen molar-refractivity contribution in [2.75, 3.05) is 11.4 Å². The number of fused-ring (bicyclic) bond motifs is 2. The van der Waals surface area contributed by atoms with Crippen LogP contribution >= 0.6 is 0 Å². The molecular formula is C20H25N3O. The Labute approximate surface area is 143 Å². The summed E-state index contributed by atoms with van der Waals surface area (Å²) < 4.78 is 0.